The molecule has 106 valence electrons. The van der Waals surface area contributed by atoms with Gasteiger partial charge in [-0.2, -0.15) is 0 Å². The molecule has 0 N–H and O–H groups in total. The van der Waals surface area contributed by atoms with Crippen molar-refractivity contribution in [2.24, 2.45) is 0 Å². The summed E-state index contributed by atoms with van der Waals surface area (Å²) in [5.41, 5.74) is 0.325. The lowest BCUT2D eigenvalue weighted by molar-refractivity contribution is 0.344. The maximum absolute atomic E-state index is 11.9. The summed E-state index contributed by atoms with van der Waals surface area (Å²) >= 11 is 1.45. The highest BCUT2D eigenvalue weighted by molar-refractivity contribution is 7.99. The predicted molar refractivity (Wildman–Crippen MR) is 85.1 cm³/mol. The number of rotatable bonds is 5. The highest BCUT2D eigenvalue weighted by Gasteiger charge is 2.05. The van der Waals surface area contributed by atoms with E-state index in [9.17, 15) is 4.79 Å². The lowest BCUT2D eigenvalue weighted by Crippen LogP contribution is -2.05. The first-order valence-electron chi connectivity index (χ1n) is 6.66. The van der Waals surface area contributed by atoms with Gasteiger partial charge in [-0.3, -0.25) is 0 Å². The van der Waals surface area contributed by atoms with Gasteiger partial charge in [0.15, 0.2) is 0 Å². The van der Waals surface area contributed by atoms with Crippen molar-refractivity contribution in [3.63, 3.8) is 0 Å². The molecule has 0 unspecified atom stereocenters. The molecule has 0 amide bonds. The molecule has 0 aliphatic heterocycles. The Labute approximate surface area is 126 Å². The van der Waals surface area contributed by atoms with Crippen LogP contribution in [-0.2, 0) is 0 Å². The van der Waals surface area contributed by atoms with Crippen molar-refractivity contribution in [1.29, 1.82) is 0 Å². The monoisotopic (exact) mass is 298 g/mol. The second kappa shape index (κ2) is 6.50. The van der Waals surface area contributed by atoms with Crippen LogP contribution in [0.3, 0.4) is 0 Å². The normalized spacial score (nSPS) is 10.7. The fourth-order valence-electron chi connectivity index (χ4n) is 1.97. The highest BCUT2D eigenvalue weighted by atomic mass is 32.2. The van der Waals surface area contributed by atoms with E-state index >= 15 is 0 Å². The van der Waals surface area contributed by atoms with Crippen LogP contribution in [-0.4, -0.2) is 12.4 Å². The summed E-state index contributed by atoms with van der Waals surface area (Å²) in [6.45, 7) is 0.543. The van der Waals surface area contributed by atoms with E-state index < -0.39 is 0 Å². The number of hydrogen-bond acceptors (Lipinski definition) is 4. The zero-order valence-corrected chi connectivity index (χ0v) is 12.1. The molecular weight excluding hydrogens is 284 g/mol. The summed E-state index contributed by atoms with van der Waals surface area (Å²) < 4.78 is 10.9. The molecule has 1 heterocycles. The van der Waals surface area contributed by atoms with E-state index in [0.29, 0.717) is 22.8 Å². The van der Waals surface area contributed by atoms with Gasteiger partial charge in [-0.25, -0.2) is 4.79 Å². The molecule has 21 heavy (non-hydrogen) atoms. The van der Waals surface area contributed by atoms with Crippen molar-refractivity contribution in [2.45, 2.75) is 4.90 Å². The van der Waals surface area contributed by atoms with Crippen molar-refractivity contribution in [1.82, 2.24) is 0 Å². The highest BCUT2D eigenvalue weighted by Crippen LogP contribution is 2.20. The van der Waals surface area contributed by atoms with E-state index in [2.05, 4.69) is 0 Å². The average molecular weight is 298 g/mol. The lowest BCUT2D eigenvalue weighted by Gasteiger charge is -2.05. The number of benzene rings is 2. The van der Waals surface area contributed by atoms with Crippen LogP contribution in [0.15, 0.2) is 74.8 Å². The molecule has 1 aromatic heterocycles. The van der Waals surface area contributed by atoms with Crippen LogP contribution in [0, 0.1) is 0 Å². The Morgan fingerprint density at radius 3 is 2.62 bits per heavy atom. The maximum atomic E-state index is 11.9. The van der Waals surface area contributed by atoms with E-state index in [0.717, 1.165) is 11.1 Å². The first-order valence-corrected chi connectivity index (χ1v) is 7.65. The molecule has 0 spiro atoms. The number of hydrogen-bond donors (Lipinski definition) is 0. The Hall–Kier alpha value is -2.20. The molecular formula is C17H14O3S. The fourth-order valence-corrected chi connectivity index (χ4v) is 2.73. The van der Waals surface area contributed by atoms with Gasteiger partial charge >= 0.3 is 5.63 Å². The van der Waals surface area contributed by atoms with Gasteiger partial charge in [0.1, 0.15) is 11.3 Å². The quantitative estimate of drug-likeness (QED) is 0.406. The molecule has 2 aromatic carbocycles. The summed E-state index contributed by atoms with van der Waals surface area (Å²) in [4.78, 5) is 12.5. The van der Waals surface area contributed by atoms with Gasteiger partial charge in [-0.05, 0) is 24.3 Å². The smallest absolute Gasteiger partial charge is 0.350 e. The second-order valence-electron chi connectivity index (χ2n) is 4.45. The van der Waals surface area contributed by atoms with Crippen molar-refractivity contribution >= 4 is 22.7 Å². The number of thioether (sulfide) groups is 1. The van der Waals surface area contributed by atoms with E-state index in [-0.39, 0.29) is 5.63 Å². The summed E-state index contributed by atoms with van der Waals surface area (Å²) in [6, 6.07) is 19.0. The number of fused-ring (bicyclic) bond motifs is 1. The molecule has 4 heteroatoms. The summed E-state index contributed by atoms with van der Waals surface area (Å²) in [5.74, 6) is 1.53. The van der Waals surface area contributed by atoms with Gasteiger partial charge < -0.3 is 9.15 Å². The molecule has 0 radical (unpaired) electrons. The van der Waals surface area contributed by atoms with Gasteiger partial charge in [0.2, 0.25) is 0 Å². The molecule has 0 saturated carbocycles. The fraction of sp³-hybridized carbons (Fsp3) is 0.118. The Balaban J connectivity index is 1.63. The zero-order chi connectivity index (χ0) is 14.5. The van der Waals surface area contributed by atoms with E-state index in [4.69, 9.17) is 9.15 Å². The second-order valence-corrected chi connectivity index (χ2v) is 5.58. The molecule has 0 atom stereocenters. The number of ether oxygens (including phenoxy) is 1. The summed E-state index contributed by atoms with van der Waals surface area (Å²) in [6.07, 6.45) is 0. The van der Waals surface area contributed by atoms with E-state index in [1.165, 1.54) is 11.8 Å². The Bertz CT molecular complexity index is 781. The van der Waals surface area contributed by atoms with E-state index in [1.54, 1.807) is 6.07 Å². The van der Waals surface area contributed by atoms with Crippen LogP contribution >= 0.6 is 11.8 Å². The predicted octanol–water partition coefficient (Wildman–Crippen LogP) is 3.96. The number of para-hydroxylation sites is 2. The third kappa shape index (κ3) is 3.47. The Morgan fingerprint density at radius 1 is 1.00 bits per heavy atom. The minimum absolute atomic E-state index is 0.293. The first-order chi connectivity index (χ1) is 10.3. The molecule has 3 rings (SSSR count). The van der Waals surface area contributed by atoms with E-state index in [1.807, 2.05) is 54.6 Å². The molecule has 3 aromatic rings. The first kappa shape index (κ1) is 13.8. The van der Waals surface area contributed by atoms with Crippen LogP contribution in [0.1, 0.15) is 0 Å². The van der Waals surface area contributed by atoms with Gasteiger partial charge in [-0.15, -0.1) is 11.8 Å². The molecule has 0 bridgehead atoms. The van der Waals surface area contributed by atoms with Crippen LogP contribution in [0.5, 0.6) is 5.75 Å². The third-order valence-corrected chi connectivity index (χ3v) is 3.93. The third-order valence-electron chi connectivity index (χ3n) is 2.96. The summed E-state index contributed by atoms with van der Waals surface area (Å²) in [7, 11) is 0. The van der Waals surface area contributed by atoms with Gasteiger partial charge in [0.05, 0.1) is 11.5 Å². The van der Waals surface area contributed by atoms with Crippen LogP contribution in [0.4, 0.5) is 0 Å². The Morgan fingerprint density at radius 2 is 1.76 bits per heavy atom. The molecule has 0 aliphatic carbocycles. The SMILES string of the molecule is O=c1oc2ccccc2cc1SCCOc1ccccc1. The molecule has 0 fully saturated rings. The van der Waals surface area contributed by atoms with Crippen molar-refractivity contribution in [3.05, 3.63) is 71.1 Å². The maximum Gasteiger partial charge on any atom is 0.350 e. The summed E-state index contributed by atoms with van der Waals surface area (Å²) in [5, 5.41) is 0.934. The molecule has 3 nitrogen and oxygen atoms in total. The topological polar surface area (TPSA) is 39.4 Å². The van der Waals surface area contributed by atoms with Crippen molar-refractivity contribution in [2.75, 3.05) is 12.4 Å². The van der Waals surface area contributed by atoms with Gasteiger partial charge in [0, 0.05) is 11.1 Å². The largest absolute Gasteiger partial charge is 0.493 e. The zero-order valence-electron chi connectivity index (χ0n) is 11.3. The molecule has 0 aliphatic rings. The minimum Gasteiger partial charge on any atom is -0.493 e. The Kier molecular flexibility index (Phi) is 4.26. The van der Waals surface area contributed by atoms with Gasteiger partial charge in [-0.1, -0.05) is 36.4 Å². The van der Waals surface area contributed by atoms with Crippen LogP contribution < -0.4 is 10.4 Å². The molecule has 0 saturated heterocycles. The van der Waals surface area contributed by atoms with Crippen LogP contribution in [0.25, 0.3) is 11.0 Å². The van der Waals surface area contributed by atoms with Crippen molar-refractivity contribution in [3.8, 4) is 5.75 Å². The standard InChI is InChI=1S/C17H14O3S/c18-17-16(12-13-6-4-5-9-15(13)20-17)21-11-10-19-14-7-2-1-3-8-14/h1-9,12H,10-11H2. The minimum atomic E-state index is -0.293. The average Bonchev–Trinajstić information content (AvgIpc) is 2.53. The van der Waals surface area contributed by atoms with Crippen LogP contribution in [0.2, 0.25) is 0 Å². The van der Waals surface area contributed by atoms with Crippen molar-refractivity contribution < 1.29 is 9.15 Å². The lowest BCUT2D eigenvalue weighted by atomic mass is 10.2. The van der Waals surface area contributed by atoms with Gasteiger partial charge in [0.25, 0.3) is 0 Å².